The molecule has 0 saturated carbocycles. The largest absolute Gasteiger partial charge is 0.342 e. The van der Waals surface area contributed by atoms with Gasteiger partial charge < -0.3 is 20.9 Å². The predicted octanol–water partition coefficient (Wildman–Crippen LogP) is 1.89. The van der Waals surface area contributed by atoms with E-state index in [0.29, 0.717) is 23.7 Å². The van der Waals surface area contributed by atoms with Crippen molar-refractivity contribution in [3.05, 3.63) is 28.8 Å². The highest BCUT2D eigenvalue weighted by Crippen LogP contribution is 2.25. The summed E-state index contributed by atoms with van der Waals surface area (Å²) in [6, 6.07) is 3.59. The molecule has 0 spiro atoms. The number of rotatable bonds is 3. The lowest BCUT2D eigenvalue weighted by Crippen LogP contribution is -2.62. The van der Waals surface area contributed by atoms with Crippen LogP contribution in [0.25, 0.3) is 0 Å². The minimum absolute atomic E-state index is 0.0222. The second-order valence-corrected chi connectivity index (χ2v) is 7.64. The molecular weight excluding hydrogens is 356 g/mol. The molecule has 1 aromatic carbocycles. The van der Waals surface area contributed by atoms with E-state index in [1.807, 2.05) is 26.8 Å². The highest BCUT2D eigenvalue weighted by molar-refractivity contribution is 6.31. The van der Waals surface area contributed by atoms with Gasteiger partial charge in [-0.1, -0.05) is 31.5 Å². The van der Waals surface area contributed by atoms with E-state index in [9.17, 15) is 14.4 Å². The van der Waals surface area contributed by atoms with Crippen LogP contribution in [0.1, 0.15) is 25.8 Å². The van der Waals surface area contributed by atoms with Crippen LogP contribution < -0.4 is 16.0 Å². The Balaban J connectivity index is 1.61. The fourth-order valence-electron chi connectivity index (χ4n) is 3.40. The van der Waals surface area contributed by atoms with Gasteiger partial charge in [0.1, 0.15) is 12.1 Å². The molecule has 0 radical (unpaired) electrons. The first kappa shape index (κ1) is 18.5. The van der Waals surface area contributed by atoms with Crippen LogP contribution in [-0.2, 0) is 9.59 Å². The predicted molar refractivity (Wildman–Crippen MR) is 99.0 cm³/mol. The van der Waals surface area contributed by atoms with Gasteiger partial charge in [0.05, 0.1) is 6.04 Å². The summed E-state index contributed by atoms with van der Waals surface area (Å²) >= 11 is 6.06. The summed E-state index contributed by atoms with van der Waals surface area (Å²) in [4.78, 5) is 38.7. The summed E-state index contributed by atoms with van der Waals surface area (Å²) in [6.45, 7) is 6.01. The van der Waals surface area contributed by atoms with Crippen molar-refractivity contribution in [1.82, 2.24) is 15.5 Å². The molecule has 140 valence electrons. The smallest absolute Gasteiger partial charge is 0.319 e. The molecule has 1 aromatic rings. The van der Waals surface area contributed by atoms with Crippen LogP contribution in [-0.4, -0.2) is 47.4 Å². The van der Waals surface area contributed by atoms with Crippen molar-refractivity contribution < 1.29 is 14.4 Å². The lowest BCUT2D eigenvalue weighted by atomic mass is 9.98. The Hall–Kier alpha value is -2.28. The summed E-state index contributed by atoms with van der Waals surface area (Å²) in [5.41, 5.74) is 1.51. The third kappa shape index (κ3) is 3.62. The van der Waals surface area contributed by atoms with Crippen molar-refractivity contribution in [2.75, 3.05) is 11.9 Å². The standard InChI is InChI=1S/C18H23ClN4O3/c1-9(2)15-17(25)23-8-12(7-14(23)16(24)22-15)21-18(26)20-11-5-4-10(3)13(19)6-11/h4-6,9,12,14-15H,7-8H2,1-3H3,(H,22,24)(H2,20,21,26)/t12-,14-,15+/m0/s1. The van der Waals surface area contributed by atoms with Crippen LogP contribution >= 0.6 is 11.6 Å². The monoisotopic (exact) mass is 378 g/mol. The number of amides is 4. The van der Waals surface area contributed by atoms with Gasteiger partial charge >= 0.3 is 6.03 Å². The van der Waals surface area contributed by atoms with Crippen molar-refractivity contribution in [2.24, 2.45) is 5.92 Å². The van der Waals surface area contributed by atoms with Crippen LogP contribution in [0.2, 0.25) is 5.02 Å². The molecule has 8 heteroatoms. The maximum Gasteiger partial charge on any atom is 0.319 e. The molecule has 3 N–H and O–H groups in total. The lowest BCUT2D eigenvalue weighted by Gasteiger charge is -2.36. The number of benzene rings is 1. The Kier molecular flexibility index (Phi) is 5.09. The zero-order chi connectivity index (χ0) is 19.0. The first-order valence-corrected chi connectivity index (χ1v) is 9.08. The fourth-order valence-corrected chi connectivity index (χ4v) is 3.58. The number of fused-ring (bicyclic) bond motifs is 1. The first-order valence-electron chi connectivity index (χ1n) is 8.70. The van der Waals surface area contributed by atoms with E-state index in [1.54, 1.807) is 17.0 Å². The van der Waals surface area contributed by atoms with Crippen molar-refractivity contribution >= 4 is 35.1 Å². The third-order valence-electron chi connectivity index (χ3n) is 4.88. The third-order valence-corrected chi connectivity index (χ3v) is 5.29. The minimum atomic E-state index is -0.517. The van der Waals surface area contributed by atoms with E-state index in [-0.39, 0.29) is 29.8 Å². The molecule has 2 fully saturated rings. The van der Waals surface area contributed by atoms with Gasteiger partial charge in [-0.25, -0.2) is 4.79 Å². The first-order chi connectivity index (χ1) is 12.3. The molecule has 0 aliphatic carbocycles. The van der Waals surface area contributed by atoms with Crippen LogP contribution in [0.5, 0.6) is 0 Å². The van der Waals surface area contributed by atoms with Crippen LogP contribution in [0.3, 0.4) is 0 Å². The number of nitrogens with zero attached hydrogens (tertiary/aromatic N) is 1. The summed E-state index contributed by atoms with van der Waals surface area (Å²) in [7, 11) is 0. The van der Waals surface area contributed by atoms with E-state index in [1.165, 1.54) is 0 Å². The number of carbonyl (C=O) groups is 3. The van der Waals surface area contributed by atoms with Crippen LogP contribution in [0.4, 0.5) is 10.5 Å². The Morgan fingerprint density at radius 2 is 2.08 bits per heavy atom. The average molecular weight is 379 g/mol. The lowest BCUT2D eigenvalue weighted by molar-refractivity contribution is -0.148. The van der Waals surface area contributed by atoms with Crippen molar-refractivity contribution in [2.45, 2.75) is 45.3 Å². The van der Waals surface area contributed by atoms with Crippen molar-refractivity contribution in [3.8, 4) is 0 Å². The molecule has 2 saturated heterocycles. The maximum absolute atomic E-state index is 12.6. The molecule has 7 nitrogen and oxygen atoms in total. The van der Waals surface area contributed by atoms with Gasteiger partial charge in [-0.15, -0.1) is 0 Å². The normalized spacial score (nSPS) is 25.1. The van der Waals surface area contributed by atoms with Gasteiger partial charge in [-0.05, 0) is 37.0 Å². The molecule has 3 atom stereocenters. The topological polar surface area (TPSA) is 90.5 Å². The Morgan fingerprint density at radius 1 is 1.35 bits per heavy atom. The van der Waals surface area contributed by atoms with Gasteiger partial charge in [0, 0.05) is 17.3 Å². The van der Waals surface area contributed by atoms with E-state index in [2.05, 4.69) is 16.0 Å². The number of carbonyl (C=O) groups excluding carboxylic acids is 3. The number of urea groups is 1. The second-order valence-electron chi connectivity index (χ2n) is 7.23. The van der Waals surface area contributed by atoms with E-state index in [4.69, 9.17) is 11.6 Å². The zero-order valence-electron chi connectivity index (χ0n) is 15.0. The van der Waals surface area contributed by atoms with Crippen LogP contribution in [0.15, 0.2) is 18.2 Å². The maximum atomic E-state index is 12.6. The SMILES string of the molecule is Cc1ccc(NC(=O)N[C@H]2C[C@H]3C(=O)N[C@H](C(C)C)C(=O)N3C2)cc1Cl. The molecule has 26 heavy (non-hydrogen) atoms. The summed E-state index contributed by atoms with van der Waals surface area (Å²) < 4.78 is 0. The molecule has 2 heterocycles. The number of nitrogens with one attached hydrogen (secondary N) is 3. The van der Waals surface area contributed by atoms with Gasteiger partial charge in [-0.2, -0.15) is 0 Å². The van der Waals surface area contributed by atoms with Gasteiger partial charge in [0.2, 0.25) is 11.8 Å². The number of hydrogen-bond acceptors (Lipinski definition) is 3. The number of piperazine rings is 1. The Labute approximate surface area is 157 Å². The van der Waals surface area contributed by atoms with Gasteiger partial charge in [0.25, 0.3) is 0 Å². The Morgan fingerprint density at radius 3 is 2.73 bits per heavy atom. The van der Waals surface area contributed by atoms with E-state index < -0.39 is 12.1 Å². The molecule has 0 aromatic heterocycles. The van der Waals surface area contributed by atoms with E-state index in [0.717, 1.165) is 5.56 Å². The Bertz CT molecular complexity index is 752. The molecule has 3 rings (SSSR count). The number of hydrogen-bond donors (Lipinski definition) is 3. The summed E-state index contributed by atoms with van der Waals surface area (Å²) in [5, 5.41) is 8.93. The number of anilines is 1. The van der Waals surface area contributed by atoms with E-state index >= 15 is 0 Å². The quantitative estimate of drug-likeness (QED) is 0.750. The van der Waals surface area contributed by atoms with Gasteiger partial charge in [-0.3, -0.25) is 9.59 Å². The minimum Gasteiger partial charge on any atom is -0.342 e. The highest BCUT2D eigenvalue weighted by Gasteiger charge is 2.47. The van der Waals surface area contributed by atoms with Crippen LogP contribution in [0, 0.1) is 12.8 Å². The fraction of sp³-hybridized carbons (Fsp3) is 0.500. The molecular formula is C18H23ClN4O3. The van der Waals surface area contributed by atoms with Crippen molar-refractivity contribution in [1.29, 1.82) is 0 Å². The summed E-state index contributed by atoms with van der Waals surface area (Å²) in [6.07, 6.45) is 0.407. The second kappa shape index (κ2) is 7.15. The average Bonchev–Trinajstić information content (AvgIpc) is 2.98. The molecule has 2 aliphatic heterocycles. The molecule has 0 bridgehead atoms. The highest BCUT2D eigenvalue weighted by atomic mass is 35.5. The molecule has 2 aliphatic rings. The number of aryl methyl sites for hydroxylation is 1. The number of halogens is 1. The zero-order valence-corrected chi connectivity index (χ0v) is 15.8. The van der Waals surface area contributed by atoms with Crippen molar-refractivity contribution in [3.63, 3.8) is 0 Å². The molecule has 4 amide bonds. The molecule has 0 unspecified atom stereocenters. The van der Waals surface area contributed by atoms with Gasteiger partial charge in [0.15, 0.2) is 0 Å². The summed E-state index contributed by atoms with van der Waals surface area (Å²) in [5.74, 6) is -0.216.